The average Bonchev–Trinajstić information content (AvgIpc) is 3.45. The highest BCUT2D eigenvalue weighted by molar-refractivity contribution is 7.99. The van der Waals surface area contributed by atoms with Gasteiger partial charge in [-0.05, 0) is 48.5 Å². The van der Waals surface area contributed by atoms with Gasteiger partial charge in [0.1, 0.15) is 16.4 Å². The standard InChI is InChI=1S/C27H20ClN5O3S.C2HF3O/c28-23-15-29-27-32-20-11-19(31-26(34)17-4-5-24-16(10-17)6-7-36-24)12-21(13-20)35-8-9-37-22-3-1-2-18(14-22)30-25(23)33-27;3-2(4,5)1-6/h1-7,10-15H,8-9H2,(H,31,34)(H2,29,30,32,33);1H. The van der Waals surface area contributed by atoms with Gasteiger partial charge in [-0.2, -0.15) is 18.2 Å². The Morgan fingerprint density at radius 1 is 1.05 bits per heavy atom. The number of fused-ring (bicyclic) bond motifs is 7. The second-order valence-electron chi connectivity index (χ2n) is 8.90. The number of halogens is 4. The van der Waals surface area contributed by atoms with E-state index < -0.39 is 12.5 Å². The van der Waals surface area contributed by atoms with Gasteiger partial charge in [-0.25, -0.2) is 4.98 Å². The molecule has 0 radical (unpaired) electrons. The highest BCUT2D eigenvalue weighted by Crippen LogP contribution is 2.31. The smallest absolute Gasteiger partial charge is 0.446 e. The van der Waals surface area contributed by atoms with Gasteiger partial charge in [-0.15, -0.1) is 11.8 Å². The number of hydrogen-bond donors (Lipinski definition) is 3. The fraction of sp³-hybridized carbons (Fsp3) is 0.103. The lowest BCUT2D eigenvalue weighted by Crippen LogP contribution is -2.12. The number of amides is 1. The minimum absolute atomic E-state index is 0.249. The number of carbonyl (C=O) groups excluding carboxylic acids is 2. The third kappa shape index (κ3) is 8.17. The summed E-state index contributed by atoms with van der Waals surface area (Å²) in [5.74, 6) is 1.91. The Labute approximate surface area is 251 Å². The molecule has 43 heavy (non-hydrogen) atoms. The monoisotopic (exact) mass is 627 g/mol. The first kappa shape index (κ1) is 29.7. The van der Waals surface area contributed by atoms with Crippen LogP contribution in [0.1, 0.15) is 10.4 Å². The van der Waals surface area contributed by atoms with Crippen LogP contribution >= 0.6 is 23.4 Å². The molecule has 0 atom stereocenters. The molecule has 0 saturated carbocycles. The molecule has 0 aliphatic carbocycles. The molecule has 0 saturated heterocycles. The summed E-state index contributed by atoms with van der Waals surface area (Å²) in [7, 11) is 0. The maximum Gasteiger partial charge on any atom is 0.446 e. The topological polar surface area (TPSA) is 118 Å². The maximum absolute atomic E-state index is 13.0. The predicted octanol–water partition coefficient (Wildman–Crippen LogP) is 7.85. The first-order valence-electron chi connectivity index (χ1n) is 12.5. The molecule has 5 aromatic rings. The van der Waals surface area contributed by atoms with Crippen molar-refractivity contribution in [3.8, 4) is 5.75 Å². The number of anilines is 5. The lowest BCUT2D eigenvalue weighted by Gasteiger charge is -2.13. The summed E-state index contributed by atoms with van der Waals surface area (Å²) < 4.78 is 42.7. The van der Waals surface area contributed by atoms with E-state index in [0.717, 1.165) is 27.3 Å². The summed E-state index contributed by atoms with van der Waals surface area (Å²) in [5, 5.41) is 10.7. The number of nitrogens with one attached hydrogen (secondary N) is 3. The van der Waals surface area contributed by atoms with Crippen LogP contribution in [0.3, 0.4) is 0 Å². The summed E-state index contributed by atoms with van der Waals surface area (Å²) in [4.78, 5) is 31.7. The van der Waals surface area contributed by atoms with Crippen molar-refractivity contribution in [1.82, 2.24) is 9.97 Å². The Bertz CT molecular complexity index is 1780. The summed E-state index contributed by atoms with van der Waals surface area (Å²) in [6, 6.07) is 20.5. The van der Waals surface area contributed by atoms with Gasteiger partial charge in [0.15, 0.2) is 5.82 Å². The van der Waals surface area contributed by atoms with E-state index in [1.54, 1.807) is 48.4 Å². The number of ether oxygens (including phenoxy) is 1. The number of thioether (sulfide) groups is 1. The van der Waals surface area contributed by atoms with Crippen LogP contribution in [0.2, 0.25) is 5.02 Å². The van der Waals surface area contributed by atoms with Crippen LogP contribution in [0.15, 0.2) is 88.5 Å². The molecule has 6 bridgehead atoms. The molecule has 14 heteroatoms. The van der Waals surface area contributed by atoms with Crippen LogP contribution < -0.4 is 20.7 Å². The molecule has 0 fully saturated rings. The number of rotatable bonds is 2. The van der Waals surface area contributed by atoms with Gasteiger partial charge in [0.2, 0.25) is 12.2 Å². The van der Waals surface area contributed by atoms with Gasteiger partial charge in [0.25, 0.3) is 5.91 Å². The van der Waals surface area contributed by atoms with E-state index in [1.807, 2.05) is 36.4 Å². The molecule has 1 aliphatic heterocycles. The quantitative estimate of drug-likeness (QED) is 0.168. The second-order valence-corrected chi connectivity index (χ2v) is 10.5. The molecule has 6 rings (SSSR count). The minimum atomic E-state index is -4.64. The zero-order valence-corrected chi connectivity index (χ0v) is 23.5. The van der Waals surface area contributed by atoms with Gasteiger partial charge in [0, 0.05) is 50.8 Å². The molecule has 2 aromatic heterocycles. The van der Waals surface area contributed by atoms with Gasteiger partial charge < -0.3 is 25.1 Å². The number of alkyl halides is 3. The van der Waals surface area contributed by atoms with E-state index in [9.17, 15) is 18.0 Å². The molecule has 1 aliphatic rings. The lowest BCUT2D eigenvalue weighted by molar-refractivity contribution is -0.156. The van der Waals surface area contributed by atoms with Crippen LogP contribution in [-0.4, -0.2) is 40.7 Å². The molecule has 0 unspecified atom stereocenters. The summed E-state index contributed by atoms with van der Waals surface area (Å²) in [5.41, 5.74) is 3.32. The highest BCUT2D eigenvalue weighted by Gasteiger charge is 2.25. The second kappa shape index (κ2) is 13.0. The Balaban J connectivity index is 0.000000559. The first-order chi connectivity index (χ1) is 20.6. The molecular weight excluding hydrogens is 607 g/mol. The lowest BCUT2D eigenvalue weighted by atomic mass is 10.1. The Morgan fingerprint density at radius 2 is 1.88 bits per heavy atom. The molecular formula is C29H21ClF3N5O4S. The summed E-state index contributed by atoms with van der Waals surface area (Å²) >= 11 is 8.04. The Hall–Kier alpha value is -4.75. The first-order valence-corrected chi connectivity index (χ1v) is 13.9. The zero-order chi connectivity index (χ0) is 30.4. The number of carbonyl (C=O) groups is 2. The van der Waals surface area contributed by atoms with Crippen molar-refractivity contribution in [2.24, 2.45) is 0 Å². The van der Waals surface area contributed by atoms with Crippen molar-refractivity contribution in [3.05, 3.63) is 89.8 Å². The van der Waals surface area contributed by atoms with Crippen LogP contribution in [0.4, 0.5) is 42.0 Å². The molecule has 3 heterocycles. The molecule has 1 amide bonds. The maximum atomic E-state index is 13.0. The van der Waals surface area contributed by atoms with E-state index in [2.05, 4.69) is 25.9 Å². The minimum Gasteiger partial charge on any atom is -0.493 e. The van der Waals surface area contributed by atoms with Crippen molar-refractivity contribution >= 4 is 75.4 Å². The van der Waals surface area contributed by atoms with Crippen molar-refractivity contribution in [1.29, 1.82) is 0 Å². The fourth-order valence-electron chi connectivity index (χ4n) is 3.90. The average molecular weight is 628 g/mol. The van der Waals surface area contributed by atoms with Crippen LogP contribution in [0.25, 0.3) is 11.0 Å². The van der Waals surface area contributed by atoms with Crippen molar-refractivity contribution in [3.63, 3.8) is 0 Å². The van der Waals surface area contributed by atoms with E-state index in [0.29, 0.717) is 46.1 Å². The fourth-order valence-corrected chi connectivity index (χ4v) is 4.83. The predicted molar refractivity (Wildman–Crippen MR) is 159 cm³/mol. The number of benzene rings is 3. The molecule has 9 nitrogen and oxygen atoms in total. The third-order valence-electron chi connectivity index (χ3n) is 5.73. The van der Waals surface area contributed by atoms with Gasteiger partial charge in [-0.1, -0.05) is 17.7 Å². The van der Waals surface area contributed by atoms with Crippen molar-refractivity contribution in [2.75, 3.05) is 28.3 Å². The highest BCUT2D eigenvalue weighted by atomic mass is 35.5. The van der Waals surface area contributed by atoms with Crippen LogP contribution in [0.5, 0.6) is 5.75 Å². The van der Waals surface area contributed by atoms with Crippen molar-refractivity contribution < 1.29 is 31.9 Å². The van der Waals surface area contributed by atoms with Crippen LogP contribution in [-0.2, 0) is 4.79 Å². The zero-order valence-electron chi connectivity index (χ0n) is 21.9. The van der Waals surface area contributed by atoms with E-state index in [1.165, 1.54) is 6.20 Å². The molecule has 0 spiro atoms. The number of aldehydes is 1. The SMILES string of the molecule is O=C(Nc1cc2cc(c1)OCCSc1cccc(c1)Nc1nc(ncc1Cl)N2)c1ccc2occc2c1.O=CC(F)(F)F. The number of nitrogens with zero attached hydrogens (tertiary/aromatic N) is 2. The van der Waals surface area contributed by atoms with Gasteiger partial charge >= 0.3 is 6.18 Å². The number of furan rings is 1. The van der Waals surface area contributed by atoms with Gasteiger partial charge in [0.05, 0.1) is 19.1 Å². The number of hydrogen-bond acceptors (Lipinski definition) is 9. The van der Waals surface area contributed by atoms with Crippen molar-refractivity contribution in [2.45, 2.75) is 11.1 Å². The molecule has 220 valence electrons. The molecule has 3 N–H and O–H groups in total. The Morgan fingerprint density at radius 3 is 2.70 bits per heavy atom. The van der Waals surface area contributed by atoms with E-state index in [-0.39, 0.29) is 5.91 Å². The summed E-state index contributed by atoms with van der Waals surface area (Å²) in [6.07, 6.45) is -2.57. The third-order valence-corrected chi connectivity index (χ3v) is 6.97. The molecule has 3 aromatic carbocycles. The van der Waals surface area contributed by atoms with Gasteiger partial charge in [-0.3, -0.25) is 9.59 Å². The normalized spacial score (nSPS) is 12.7. The van der Waals surface area contributed by atoms with Crippen LogP contribution in [0, 0.1) is 0 Å². The summed E-state index contributed by atoms with van der Waals surface area (Å²) in [6.45, 7) is 0.479. The largest absolute Gasteiger partial charge is 0.493 e. The van der Waals surface area contributed by atoms with E-state index in [4.69, 9.17) is 25.5 Å². The van der Waals surface area contributed by atoms with E-state index >= 15 is 0 Å². The Kier molecular flexibility index (Phi) is 9.02. The number of aromatic nitrogens is 2.